The standard InChI is InChI=1S/C49H33NOS/c1-49(2)43-12-6-3-9-36(43)37-25-22-35(29-44(37)49)50(34-23-26-46-42(28-34)38-10-4-7-13-45(38)51-46)33-20-17-30(18-21-33)32-16-15-31-19-24-40-39-11-5-8-14-47(39)52-48(40)41(31)27-32/h3-29H,1-2H3. The average molecular weight is 684 g/mol. The van der Waals surface area contributed by atoms with Gasteiger partial charge in [-0.3, -0.25) is 0 Å². The van der Waals surface area contributed by atoms with Gasteiger partial charge >= 0.3 is 0 Å². The van der Waals surface area contributed by atoms with Crippen molar-refractivity contribution in [1.29, 1.82) is 0 Å². The van der Waals surface area contributed by atoms with Crippen LogP contribution in [-0.2, 0) is 5.41 Å². The van der Waals surface area contributed by atoms with Crippen LogP contribution in [0.2, 0.25) is 0 Å². The molecule has 2 aromatic heterocycles. The zero-order valence-corrected chi connectivity index (χ0v) is 29.7. The lowest BCUT2D eigenvalue weighted by atomic mass is 9.82. The monoisotopic (exact) mass is 683 g/mol. The first kappa shape index (κ1) is 29.6. The van der Waals surface area contributed by atoms with E-state index in [9.17, 15) is 0 Å². The van der Waals surface area contributed by atoms with Crippen LogP contribution < -0.4 is 4.90 Å². The molecule has 0 spiro atoms. The zero-order chi connectivity index (χ0) is 34.6. The Balaban J connectivity index is 1.06. The number of benzene rings is 8. The van der Waals surface area contributed by atoms with Gasteiger partial charge in [0, 0.05) is 58.8 Å². The summed E-state index contributed by atoms with van der Waals surface area (Å²) in [6.45, 7) is 4.70. The van der Waals surface area contributed by atoms with Crippen LogP contribution in [0.5, 0.6) is 0 Å². The number of hydrogen-bond donors (Lipinski definition) is 0. The van der Waals surface area contributed by atoms with E-state index in [0.717, 1.165) is 39.0 Å². The van der Waals surface area contributed by atoms with Crippen LogP contribution in [0.4, 0.5) is 17.1 Å². The largest absolute Gasteiger partial charge is 0.456 e. The highest BCUT2D eigenvalue weighted by Gasteiger charge is 2.35. The Morgan fingerprint density at radius 1 is 0.462 bits per heavy atom. The molecule has 2 nitrogen and oxygen atoms in total. The quantitative estimate of drug-likeness (QED) is 0.184. The Bertz CT molecular complexity index is 3050. The number of para-hydroxylation sites is 1. The number of thiophene rings is 1. The number of furan rings is 1. The second-order valence-electron chi connectivity index (χ2n) is 14.5. The number of hydrogen-bond acceptors (Lipinski definition) is 3. The van der Waals surface area contributed by atoms with Gasteiger partial charge < -0.3 is 9.32 Å². The van der Waals surface area contributed by atoms with E-state index in [1.54, 1.807) is 0 Å². The van der Waals surface area contributed by atoms with E-state index in [1.807, 2.05) is 23.5 Å². The molecule has 0 N–H and O–H groups in total. The van der Waals surface area contributed by atoms with Crippen molar-refractivity contribution < 1.29 is 4.42 Å². The van der Waals surface area contributed by atoms with Crippen molar-refractivity contribution in [2.75, 3.05) is 4.90 Å². The molecular formula is C49H33NOS. The van der Waals surface area contributed by atoms with E-state index >= 15 is 0 Å². The lowest BCUT2D eigenvalue weighted by Gasteiger charge is -2.28. The lowest BCUT2D eigenvalue weighted by molar-refractivity contribution is 0.660. The van der Waals surface area contributed by atoms with Gasteiger partial charge in [0.05, 0.1) is 0 Å². The molecule has 2 heterocycles. The van der Waals surface area contributed by atoms with Gasteiger partial charge in [0.25, 0.3) is 0 Å². The molecule has 0 aliphatic heterocycles. The van der Waals surface area contributed by atoms with Crippen molar-refractivity contribution in [2.45, 2.75) is 19.3 Å². The van der Waals surface area contributed by atoms with Crippen molar-refractivity contribution in [3.8, 4) is 22.3 Å². The molecule has 8 aromatic carbocycles. The summed E-state index contributed by atoms with van der Waals surface area (Å²) in [7, 11) is 0. The number of anilines is 3. The topological polar surface area (TPSA) is 16.4 Å². The van der Waals surface area contributed by atoms with Crippen molar-refractivity contribution in [3.05, 3.63) is 175 Å². The highest BCUT2D eigenvalue weighted by molar-refractivity contribution is 7.26. The van der Waals surface area contributed by atoms with Crippen LogP contribution in [0.15, 0.2) is 168 Å². The minimum Gasteiger partial charge on any atom is -0.456 e. The third kappa shape index (κ3) is 4.30. The summed E-state index contributed by atoms with van der Waals surface area (Å²) in [4.78, 5) is 2.39. The second-order valence-corrected chi connectivity index (χ2v) is 15.6. The minimum atomic E-state index is -0.0991. The van der Waals surface area contributed by atoms with Crippen LogP contribution in [-0.4, -0.2) is 0 Å². The van der Waals surface area contributed by atoms with Gasteiger partial charge in [-0.05, 0) is 99.4 Å². The first-order chi connectivity index (χ1) is 25.5. The van der Waals surface area contributed by atoms with E-state index in [2.05, 4.69) is 170 Å². The molecule has 0 saturated heterocycles. The van der Waals surface area contributed by atoms with E-state index < -0.39 is 0 Å². The summed E-state index contributed by atoms with van der Waals surface area (Å²) in [5.74, 6) is 0. The molecule has 0 atom stereocenters. The number of rotatable bonds is 4. The van der Waals surface area contributed by atoms with Crippen molar-refractivity contribution in [3.63, 3.8) is 0 Å². The van der Waals surface area contributed by atoms with Crippen LogP contribution in [0.3, 0.4) is 0 Å². The molecule has 1 aliphatic rings. The molecule has 10 aromatic rings. The van der Waals surface area contributed by atoms with E-state index in [4.69, 9.17) is 4.42 Å². The van der Waals surface area contributed by atoms with Gasteiger partial charge in [0.15, 0.2) is 0 Å². The minimum absolute atomic E-state index is 0.0991. The fourth-order valence-electron chi connectivity index (χ4n) is 8.62. The molecule has 11 rings (SSSR count). The maximum atomic E-state index is 6.24. The Hall–Kier alpha value is -6.16. The first-order valence-electron chi connectivity index (χ1n) is 17.9. The normalized spacial score (nSPS) is 13.3. The third-order valence-electron chi connectivity index (χ3n) is 11.3. The van der Waals surface area contributed by atoms with Crippen LogP contribution in [0.1, 0.15) is 25.0 Å². The van der Waals surface area contributed by atoms with Gasteiger partial charge in [0.1, 0.15) is 11.2 Å². The van der Waals surface area contributed by atoms with E-state index in [0.29, 0.717) is 0 Å². The predicted octanol–water partition coefficient (Wildman–Crippen LogP) is 14.6. The summed E-state index contributed by atoms with van der Waals surface area (Å²) >= 11 is 1.89. The summed E-state index contributed by atoms with van der Waals surface area (Å²) in [5.41, 5.74) is 12.9. The van der Waals surface area contributed by atoms with Gasteiger partial charge in [0.2, 0.25) is 0 Å². The molecule has 0 saturated carbocycles. The van der Waals surface area contributed by atoms with Crippen molar-refractivity contribution in [1.82, 2.24) is 0 Å². The van der Waals surface area contributed by atoms with E-state index in [1.165, 1.54) is 64.3 Å². The Morgan fingerprint density at radius 3 is 2.04 bits per heavy atom. The third-order valence-corrected chi connectivity index (χ3v) is 12.5. The summed E-state index contributed by atoms with van der Waals surface area (Å²) in [6.07, 6.45) is 0. The highest BCUT2D eigenvalue weighted by atomic mass is 32.1. The number of nitrogens with zero attached hydrogens (tertiary/aromatic N) is 1. The Morgan fingerprint density at radius 2 is 1.13 bits per heavy atom. The fraction of sp³-hybridized carbons (Fsp3) is 0.0612. The Kier molecular flexibility index (Phi) is 6.21. The van der Waals surface area contributed by atoms with Gasteiger partial charge in [-0.25, -0.2) is 0 Å². The molecule has 0 fully saturated rings. The van der Waals surface area contributed by atoms with Gasteiger partial charge in [-0.1, -0.05) is 117 Å². The predicted molar refractivity (Wildman–Crippen MR) is 222 cm³/mol. The molecule has 3 heteroatoms. The SMILES string of the molecule is CC1(C)c2ccccc2-c2ccc(N(c3ccc(-c4ccc5ccc6c7ccccc7sc6c5c4)cc3)c3ccc4oc5ccccc5c4c3)cc21. The molecule has 0 unspecified atom stereocenters. The first-order valence-corrected chi connectivity index (χ1v) is 18.7. The summed E-state index contributed by atoms with van der Waals surface area (Å²) in [6, 6.07) is 60.0. The Labute approximate surface area is 305 Å². The maximum Gasteiger partial charge on any atom is 0.135 e. The van der Waals surface area contributed by atoms with Gasteiger partial charge in [-0.2, -0.15) is 0 Å². The molecule has 0 radical (unpaired) electrons. The van der Waals surface area contributed by atoms with Gasteiger partial charge in [-0.15, -0.1) is 11.3 Å². The molecule has 246 valence electrons. The van der Waals surface area contributed by atoms with Crippen molar-refractivity contribution in [2.24, 2.45) is 0 Å². The van der Waals surface area contributed by atoms with Crippen LogP contribution in [0.25, 0.3) is 75.1 Å². The summed E-state index contributed by atoms with van der Waals surface area (Å²) in [5, 5.41) is 7.49. The summed E-state index contributed by atoms with van der Waals surface area (Å²) < 4.78 is 8.93. The fourth-order valence-corrected chi connectivity index (χ4v) is 9.85. The highest BCUT2D eigenvalue weighted by Crippen LogP contribution is 2.51. The van der Waals surface area contributed by atoms with Crippen molar-refractivity contribution >= 4 is 81.3 Å². The average Bonchev–Trinajstić information content (AvgIpc) is 3.83. The zero-order valence-electron chi connectivity index (χ0n) is 28.9. The smallest absolute Gasteiger partial charge is 0.135 e. The molecular weight excluding hydrogens is 651 g/mol. The second kappa shape index (κ2) is 10.9. The molecule has 1 aliphatic carbocycles. The number of fused-ring (bicyclic) bond motifs is 11. The van der Waals surface area contributed by atoms with Crippen LogP contribution in [0, 0.1) is 0 Å². The molecule has 0 amide bonds. The molecule has 0 bridgehead atoms. The maximum absolute atomic E-state index is 6.24. The lowest BCUT2D eigenvalue weighted by Crippen LogP contribution is -2.16. The van der Waals surface area contributed by atoms with Crippen LogP contribution >= 0.6 is 11.3 Å². The van der Waals surface area contributed by atoms with E-state index in [-0.39, 0.29) is 5.41 Å². The molecule has 52 heavy (non-hydrogen) atoms.